The second-order valence-corrected chi connectivity index (χ2v) is 8.77. The van der Waals surface area contributed by atoms with Gasteiger partial charge >= 0.3 is 0 Å². The third-order valence-corrected chi connectivity index (χ3v) is 6.42. The van der Waals surface area contributed by atoms with E-state index in [0.29, 0.717) is 12.2 Å². The van der Waals surface area contributed by atoms with E-state index in [0.717, 1.165) is 77.1 Å². The Morgan fingerprint density at radius 2 is 1.86 bits per heavy atom. The predicted octanol–water partition coefficient (Wildman–Crippen LogP) is 2.73. The van der Waals surface area contributed by atoms with Gasteiger partial charge in [0.15, 0.2) is 5.96 Å². The Balaban J connectivity index is 1.37. The van der Waals surface area contributed by atoms with Gasteiger partial charge in [-0.2, -0.15) is 0 Å². The molecule has 0 aromatic carbocycles. The number of nitrogens with zero attached hydrogens (tertiary/aromatic N) is 3. The number of rotatable bonds is 7. The van der Waals surface area contributed by atoms with E-state index in [9.17, 15) is 0 Å². The summed E-state index contributed by atoms with van der Waals surface area (Å²) in [6, 6.07) is 0. The minimum absolute atomic E-state index is 0.323. The third kappa shape index (κ3) is 7.20. The van der Waals surface area contributed by atoms with Gasteiger partial charge in [0.25, 0.3) is 0 Å². The average Bonchev–Trinajstić information content (AvgIpc) is 2.74. The highest BCUT2D eigenvalue weighted by molar-refractivity contribution is 5.80. The van der Waals surface area contributed by atoms with Crippen molar-refractivity contribution in [2.75, 3.05) is 59.0 Å². The van der Waals surface area contributed by atoms with E-state index < -0.39 is 0 Å². The molecule has 1 N–H and O–H groups in total. The van der Waals surface area contributed by atoms with Crippen LogP contribution in [0.25, 0.3) is 0 Å². The highest BCUT2D eigenvalue weighted by Gasteiger charge is 2.24. The molecule has 0 saturated carbocycles. The summed E-state index contributed by atoms with van der Waals surface area (Å²) in [7, 11) is 0. The molecule has 1 unspecified atom stereocenters. The van der Waals surface area contributed by atoms with Gasteiger partial charge in [0.2, 0.25) is 0 Å². The summed E-state index contributed by atoms with van der Waals surface area (Å²) in [5.41, 5.74) is 0. The van der Waals surface area contributed by atoms with Crippen molar-refractivity contribution in [3.63, 3.8) is 0 Å². The molecule has 0 aromatic heterocycles. The second kappa shape index (κ2) is 12.0. The summed E-state index contributed by atoms with van der Waals surface area (Å²) in [6.45, 7) is 13.6. The quantitative estimate of drug-likeness (QED) is 0.531. The van der Waals surface area contributed by atoms with Crippen molar-refractivity contribution in [2.24, 2.45) is 10.9 Å². The van der Waals surface area contributed by atoms with Crippen LogP contribution in [0.4, 0.5) is 0 Å². The molecule has 3 fully saturated rings. The second-order valence-electron chi connectivity index (χ2n) is 8.77. The van der Waals surface area contributed by atoms with Crippen molar-refractivity contribution in [1.82, 2.24) is 15.1 Å². The standard InChI is InChI=1S/C22H42N4O2/c1-3-23-22(24-11-16-25-12-7-19(2)8-13-25)26-14-9-20(10-15-26)28-18-21-6-4-5-17-27-21/h19-21H,3-18H2,1-2H3,(H,23,24). The van der Waals surface area contributed by atoms with Crippen LogP contribution in [0.5, 0.6) is 0 Å². The maximum absolute atomic E-state index is 6.16. The lowest BCUT2D eigenvalue weighted by molar-refractivity contribution is -0.0721. The van der Waals surface area contributed by atoms with Gasteiger partial charge in [0.05, 0.1) is 25.4 Å². The van der Waals surface area contributed by atoms with Crippen LogP contribution in [0.1, 0.15) is 58.8 Å². The number of piperidine rings is 2. The number of nitrogens with one attached hydrogen (secondary N) is 1. The molecule has 0 amide bonds. The van der Waals surface area contributed by atoms with E-state index in [2.05, 4.69) is 29.0 Å². The van der Waals surface area contributed by atoms with Crippen molar-refractivity contribution < 1.29 is 9.47 Å². The van der Waals surface area contributed by atoms with Gasteiger partial charge in [-0.1, -0.05) is 6.92 Å². The lowest BCUT2D eigenvalue weighted by atomic mass is 9.99. The van der Waals surface area contributed by atoms with E-state index in [1.807, 2.05) is 0 Å². The van der Waals surface area contributed by atoms with E-state index in [4.69, 9.17) is 14.5 Å². The molecular weight excluding hydrogens is 352 g/mol. The number of hydrogen-bond acceptors (Lipinski definition) is 4. The molecule has 0 aromatic rings. The monoisotopic (exact) mass is 394 g/mol. The van der Waals surface area contributed by atoms with Crippen molar-refractivity contribution >= 4 is 5.96 Å². The first kappa shape index (κ1) is 21.8. The zero-order valence-electron chi connectivity index (χ0n) is 18.2. The van der Waals surface area contributed by atoms with Crippen LogP contribution in [0.15, 0.2) is 4.99 Å². The van der Waals surface area contributed by atoms with E-state index in [1.165, 1.54) is 38.8 Å². The molecule has 0 bridgehead atoms. The molecule has 3 heterocycles. The lowest BCUT2D eigenvalue weighted by Gasteiger charge is -2.35. The lowest BCUT2D eigenvalue weighted by Crippen LogP contribution is -2.47. The number of ether oxygens (including phenoxy) is 2. The third-order valence-electron chi connectivity index (χ3n) is 6.42. The van der Waals surface area contributed by atoms with Gasteiger partial charge in [-0.3, -0.25) is 4.99 Å². The van der Waals surface area contributed by atoms with Crippen molar-refractivity contribution in [2.45, 2.75) is 71.0 Å². The fourth-order valence-corrected chi connectivity index (χ4v) is 4.43. The van der Waals surface area contributed by atoms with Crippen LogP contribution in [-0.4, -0.2) is 87.0 Å². The Morgan fingerprint density at radius 1 is 1.07 bits per heavy atom. The summed E-state index contributed by atoms with van der Waals surface area (Å²) in [4.78, 5) is 9.91. The molecule has 28 heavy (non-hydrogen) atoms. The Hall–Kier alpha value is -0.850. The Kier molecular flexibility index (Phi) is 9.35. The normalized spacial score (nSPS) is 26.6. The van der Waals surface area contributed by atoms with Crippen molar-refractivity contribution in [3.8, 4) is 0 Å². The molecule has 0 spiro atoms. The zero-order valence-corrected chi connectivity index (χ0v) is 18.2. The molecule has 3 aliphatic rings. The van der Waals surface area contributed by atoms with Gasteiger partial charge in [-0.25, -0.2) is 0 Å². The fourth-order valence-electron chi connectivity index (χ4n) is 4.43. The Morgan fingerprint density at radius 3 is 2.54 bits per heavy atom. The zero-order chi connectivity index (χ0) is 19.6. The summed E-state index contributed by atoms with van der Waals surface area (Å²) in [5.74, 6) is 1.98. The number of guanidine groups is 1. The van der Waals surface area contributed by atoms with Gasteiger partial charge < -0.3 is 24.6 Å². The first-order valence-corrected chi connectivity index (χ1v) is 11.7. The van der Waals surface area contributed by atoms with Gasteiger partial charge in [0, 0.05) is 32.8 Å². The number of likely N-dealkylation sites (tertiary alicyclic amines) is 2. The summed E-state index contributed by atoms with van der Waals surface area (Å²) in [6.07, 6.45) is 9.19. The van der Waals surface area contributed by atoms with Gasteiger partial charge in [-0.05, 0) is 70.9 Å². The smallest absolute Gasteiger partial charge is 0.193 e. The van der Waals surface area contributed by atoms with Crippen molar-refractivity contribution in [1.29, 1.82) is 0 Å². The largest absolute Gasteiger partial charge is 0.376 e. The summed E-state index contributed by atoms with van der Waals surface area (Å²) < 4.78 is 12.0. The van der Waals surface area contributed by atoms with Crippen molar-refractivity contribution in [3.05, 3.63) is 0 Å². The highest BCUT2D eigenvalue weighted by Crippen LogP contribution is 2.18. The first-order valence-electron chi connectivity index (χ1n) is 11.7. The van der Waals surface area contributed by atoms with Crippen LogP contribution in [-0.2, 0) is 9.47 Å². The molecule has 6 heteroatoms. The van der Waals surface area contributed by atoms with Crippen LogP contribution < -0.4 is 5.32 Å². The maximum atomic E-state index is 6.16. The minimum Gasteiger partial charge on any atom is -0.376 e. The minimum atomic E-state index is 0.323. The van der Waals surface area contributed by atoms with Gasteiger partial charge in [0.1, 0.15) is 0 Å². The first-order chi connectivity index (χ1) is 13.7. The molecular formula is C22H42N4O2. The Labute approximate surface area is 172 Å². The van der Waals surface area contributed by atoms with Crippen LogP contribution in [0.3, 0.4) is 0 Å². The van der Waals surface area contributed by atoms with Crippen LogP contribution in [0, 0.1) is 5.92 Å². The maximum Gasteiger partial charge on any atom is 0.193 e. The number of hydrogen-bond donors (Lipinski definition) is 1. The summed E-state index contributed by atoms with van der Waals surface area (Å²) in [5, 5.41) is 3.49. The molecule has 3 rings (SSSR count). The van der Waals surface area contributed by atoms with Crippen LogP contribution >= 0.6 is 0 Å². The van der Waals surface area contributed by atoms with Gasteiger partial charge in [-0.15, -0.1) is 0 Å². The molecule has 0 radical (unpaired) electrons. The predicted molar refractivity (Wildman–Crippen MR) is 115 cm³/mol. The average molecular weight is 395 g/mol. The number of aliphatic imine (C=N–C) groups is 1. The highest BCUT2D eigenvalue weighted by atomic mass is 16.5. The summed E-state index contributed by atoms with van der Waals surface area (Å²) >= 11 is 0. The fraction of sp³-hybridized carbons (Fsp3) is 0.955. The molecule has 162 valence electrons. The molecule has 1 atom stereocenters. The molecule has 6 nitrogen and oxygen atoms in total. The van der Waals surface area contributed by atoms with E-state index in [-0.39, 0.29) is 0 Å². The molecule has 3 aliphatic heterocycles. The van der Waals surface area contributed by atoms with E-state index >= 15 is 0 Å². The SMILES string of the molecule is CCNC(=NCCN1CCC(C)CC1)N1CCC(OCC2CCCCO2)CC1. The van der Waals surface area contributed by atoms with Crippen LogP contribution in [0.2, 0.25) is 0 Å². The molecule has 3 saturated heterocycles. The van der Waals surface area contributed by atoms with E-state index in [1.54, 1.807) is 0 Å². The Bertz CT molecular complexity index is 451. The topological polar surface area (TPSA) is 49.3 Å². The molecule has 0 aliphatic carbocycles.